The van der Waals surface area contributed by atoms with Gasteiger partial charge in [-0.15, -0.1) is 0 Å². The van der Waals surface area contributed by atoms with Crippen LogP contribution in [0.25, 0.3) is 0 Å². The first-order valence-electron chi connectivity index (χ1n) is 4.73. The molecule has 1 aliphatic heterocycles. The summed E-state index contributed by atoms with van der Waals surface area (Å²) in [5.41, 5.74) is 2.87. The van der Waals surface area contributed by atoms with Gasteiger partial charge in [-0.3, -0.25) is 0 Å². The van der Waals surface area contributed by atoms with Crippen LogP contribution < -0.4 is 5.32 Å². The fourth-order valence-electron chi connectivity index (χ4n) is 2.01. The minimum atomic E-state index is 0.518. The number of nitrogens with one attached hydrogen (secondary N) is 2. The number of aromatic amines is 1. The van der Waals surface area contributed by atoms with Crippen LogP contribution in [-0.2, 0) is 6.42 Å². The smallest absolute Gasteiger partial charge is 0.0312 e. The molecular weight excluding hydrogens is 148 g/mol. The fraction of sp³-hybridized carbons (Fsp3) is 0.600. The van der Waals surface area contributed by atoms with Gasteiger partial charge in [-0.05, 0) is 25.0 Å². The molecule has 0 aromatic carbocycles. The predicted octanol–water partition coefficient (Wildman–Crippen LogP) is 2.00. The minimum Gasteiger partial charge on any atom is -0.365 e. The molecule has 0 saturated carbocycles. The Morgan fingerprint density at radius 1 is 1.58 bits per heavy atom. The van der Waals surface area contributed by atoms with Crippen molar-refractivity contribution >= 4 is 0 Å². The van der Waals surface area contributed by atoms with Crippen LogP contribution in [-0.4, -0.2) is 11.0 Å². The van der Waals surface area contributed by atoms with Gasteiger partial charge in [0.05, 0.1) is 0 Å². The van der Waals surface area contributed by atoms with Crippen molar-refractivity contribution in [2.24, 2.45) is 0 Å². The van der Waals surface area contributed by atoms with Crippen LogP contribution in [0, 0.1) is 0 Å². The molecule has 0 saturated heterocycles. The van der Waals surface area contributed by atoms with Crippen molar-refractivity contribution in [1.82, 2.24) is 10.3 Å². The first-order valence-corrected chi connectivity index (χ1v) is 4.73. The van der Waals surface area contributed by atoms with Gasteiger partial charge in [0.2, 0.25) is 0 Å². The molecule has 2 heterocycles. The van der Waals surface area contributed by atoms with Crippen molar-refractivity contribution in [3.8, 4) is 0 Å². The Balaban J connectivity index is 2.26. The van der Waals surface area contributed by atoms with Crippen LogP contribution in [0.1, 0.15) is 37.6 Å². The van der Waals surface area contributed by atoms with Crippen LogP contribution >= 0.6 is 0 Å². The van der Waals surface area contributed by atoms with Crippen molar-refractivity contribution in [2.75, 3.05) is 0 Å². The Bertz CT molecular complexity index is 265. The number of aromatic nitrogens is 1. The highest BCUT2D eigenvalue weighted by Gasteiger charge is 2.22. The van der Waals surface area contributed by atoms with Gasteiger partial charge in [0.15, 0.2) is 0 Å². The van der Waals surface area contributed by atoms with Crippen molar-refractivity contribution in [2.45, 2.75) is 38.8 Å². The second-order valence-corrected chi connectivity index (χ2v) is 3.61. The van der Waals surface area contributed by atoms with E-state index < -0.39 is 0 Å². The van der Waals surface area contributed by atoms with Gasteiger partial charge in [-0.25, -0.2) is 0 Å². The molecule has 2 atom stereocenters. The van der Waals surface area contributed by atoms with Crippen LogP contribution in [0.3, 0.4) is 0 Å². The number of rotatable bonds is 1. The molecule has 2 nitrogen and oxygen atoms in total. The van der Waals surface area contributed by atoms with E-state index in [-0.39, 0.29) is 0 Å². The molecule has 0 spiro atoms. The Morgan fingerprint density at radius 3 is 3.17 bits per heavy atom. The number of hydrogen-bond acceptors (Lipinski definition) is 1. The van der Waals surface area contributed by atoms with Gasteiger partial charge in [0, 0.05) is 30.4 Å². The van der Waals surface area contributed by atoms with Crippen LogP contribution in [0.5, 0.6) is 0 Å². The van der Waals surface area contributed by atoms with E-state index in [0.717, 1.165) is 6.42 Å². The third kappa shape index (κ3) is 1.16. The first-order chi connectivity index (χ1) is 5.81. The zero-order valence-electron chi connectivity index (χ0n) is 7.72. The molecule has 0 radical (unpaired) electrons. The van der Waals surface area contributed by atoms with Crippen molar-refractivity contribution < 1.29 is 0 Å². The Morgan fingerprint density at radius 2 is 2.42 bits per heavy atom. The summed E-state index contributed by atoms with van der Waals surface area (Å²) in [5.74, 6) is 0. The molecule has 66 valence electrons. The summed E-state index contributed by atoms with van der Waals surface area (Å²) in [6.07, 6.45) is 4.41. The minimum absolute atomic E-state index is 0.518. The molecule has 1 aromatic rings. The number of H-pyrrole nitrogens is 1. The third-order valence-electron chi connectivity index (χ3n) is 2.76. The molecular formula is C10H16N2. The van der Waals surface area contributed by atoms with E-state index in [0.29, 0.717) is 12.1 Å². The normalized spacial score (nSPS) is 28.5. The molecule has 0 aliphatic carbocycles. The topological polar surface area (TPSA) is 27.8 Å². The second kappa shape index (κ2) is 2.94. The highest BCUT2D eigenvalue weighted by molar-refractivity contribution is 5.27. The molecule has 0 fully saturated rings. The SMILES string of the molecule is CC[C@@H]1Cc2[nH]ccc2[C@H](C)N1. The summed E-state index contributed by atoms with van der Waals surface area (Å²) in [5, 5.41) is 3.59. The lowest BCUT2D eigenvalue weighted by Gasteiger charge is -2.28. The fourth-order valence-corrected chi connectivity index (χ4v) is 2.01. The van der Waals surface area contributed by atoms with Gasteiger partial charge in [-0.1, -0.05) is 6.92 Å². The average molecular weight is 164 g/mol. The molecule has 0 amide bonds. The monoisotopic (exact) mass is 164 g/mol. The third-order valence-corrected chi connectivity index (χ3v) is 2.76. The van der Waals surface area contributed by atoms with Crippen molar-refractivity contribution in [1.29, 1.82) is 0 Å². The summed E-state index contributed by atoms with van der Waals surface area (Å²) in [6, 6.07) is 3.36. The lowest BCUT2D eigenvalue weighted by Crippen LogP contribution is -2.37. The van der Waals surface area contributed by atoms with E-state index >= 15 is 0 Å². The first kappa shape index (κ1) is 7.87. The van der Waals surface area contributed by atoms with Gasteiger partial charge in [0.1, 0.15) is 0 Å². The number of hydrogen-bond donors (Lipinski definition) is 2. The average Bonchev–Trinajstić information content (AvgIpc) is 2.52. The van der Waals surface area contributed by atoms with E-state index in [4.69, 9.17) is 0 Å². The zero-order valence-corrected chi connectivity index (χ0v) is 7.72. The van der Waals surface area contributed by atoms with Crippen LogP contribution in [0.2, 0.25) is 0 Å². The van der Waals surface area contributed by atoms with Crippen molar-refractivity contribution in [3.05, 3.63) is 23.5 Å². The van der Waals surface area contributed by atoms with Gasteiger partial charge in [0.25, 0.3) is 0 Å². The van der Waals surface area contributed by atoms with Gasteiger partial charge < -0.3 is 10.3 Å². The molecule has 12 heavy (non-hydrogen) atoms. The summed E-state index contributed by atoms with van der Waals surface area (Å²) < 4.78 is 0. The van der Waals surface area contributed by atoms with E-state index in [2.05, 4.69) is 30.2 Å². The zero-order chi connectivity index (χ0) is 8.55. The van der Waals surface area contributed by atoms with Gasteiger partial charge >= 0.3 is 0 Å². The molecule has 1 aliphatic rings. The van der Waals surface area contributed by atoms with Gasteiger partial charge in [-0.2, -0.15) is 0 Å². The molecule has 0 bridgehead atoms. The molecule has 2 rings (SSSR count). The lowest BCUT2D eigenvalue weighted by molar-refractivity contribution is 0.409. The van der Waals surface area contributed by atoms with E-state index in [1.54, 1.807) is 0 Å². The van der Waals surface area contributed by atoms with Crippen LogP contribution in [0.15, 0.2) is 12.3 Å². The largest absolute Gasteiger partial charge is 0.365 e. The maximum atomic E-state index is 3.59. The summed E-state index contributed by atoms with van der Waals surface area (Å²) >= 11 is 0. The Labute approximate surface area is 73.4 Å². The predicted molar refractivity (Wildman–Crippen MR) is 50.1 cm³/mol. The highest BCUT2D eigenvalue weighted by atomic mass is 15.0. The molecule has 2 heteroatoms. The quantitative estimate of drug-likeness (QED) is 0.652. The molecule has 0 unspecified atom stereocenters. The second-order valence-electron chi connectivity index (χ2n) is 3.61. The Hall–Kier alpha value is -0.760. The maximum absolute atomic E-state index is 3.59. The van der Waals surface area contributed by atoms with Crippen LogP contribution in [0.4, 0.5) is 0 Å². The van der Waals surface area contributed by atoms with Crippen molar-refractivity contribution in [3.63, 3.8) is 0 Å². The van der Waals surface area contributed by atoms with E-state index in [9.17, 15) is 0 Å². The summed E-state index contributed by atoms with van der Waals surface area (Å²) in [7, 11) is 0. The molecule has 1 aromatic heterocycles. The standard InChI is InChI=1S/C10H16N2/c1-3-8-6-10-9(4-5-11-10)7(2)12-8/h4-5,7-8,11-12H,3,6H2,1-2H3/t7-,8+/m0/s1. The number of fused-ring (bicyclic) bond motifs is 1. The Kier molecular flexibility index (Phi) is 1.93. The van der Waals surface area contributed by atoms with E-state index in [1.807, 2.05) is 6.20 Å². The highest BCUT2D eigenvalue weighted by Crippen LogP contribution is 2.24. The van der Waals surface area contributed by atoms with E-state index in [1.165, 1.54) is 17.7 Å². The maximum Gasteiger partial charge on any atom is 0.0312 e. The lowest BCUT2D eigenvalue weighted by atomic mass is 9.96. The summed E-state index contributed by atoms with van der Waals surface area (Å²) in [4.78, 5) is 3.31. The summed E-state index contributed by atoms with van der Waals surface area (Å²) in [6.45, 7) is 4.47. The molecule has 2 N–H and O–H groups in total.